The number of hydrogen-bond donors (Lipinski definition) is 1. The lowest BCUT2D eigenvalue weighted by Crippen LogP contribution is -2.31. The van der Waals surface area contributed by atoms with E-state index in [0.29, 0.717) is 11.1 Å². The van der Waals surface area contributed by atoms with Gasteiger partial charge in [-0.25, -0.2) is 0 Å². The molecule has 0 aromatic heterocycles. The van der Waals surface area contributed by atoms with Gasteiger partial charge >= 0.3 is 0 Å². The second kappa shape index (κ2) is 5.16. The van der Waals surface area contributed by atoms with Gasteiger partial charge in [0.1, 0.15) is 0 Å². The van der Waals surface area contributed by atoms with Gasteiger partial charge in [-0.2, -0.15) is 5.26 Å². The summed E-state index contributed by atoms with van der Waals surface area (Å²) in [6.45, 7) is 3.98. The van der Waals surface area contributed by atoms with Crippen LogP contribution in [0.25, 0.3) is 0 Å². The summed E-state index contributed by atoms with van der Waals surface area (Å²) in [5, 5.41) is 11.5. The van der Waals surface area contributed by atoms with E-state index in [9.17, 15) is 4.79 Å². The van der Waals surface area contributed by atoms with E-state index in [0.717, 1.165) is 6.42 Å². The lowest BCUT2D eigenvalue weighted by molar-refractivity contribution is 0.0939. The van der Waals surface area contributed by atoms with Crippen molar-refractivity contribution in [1.82, 2.24) is 5.32 Å². The zero-order valence-corrected chi connectivity index (χ0v) is 8.95. The van der Waals surface area contributed by atoms with Gasteiger partial charge < -0.3 is 5.32 Å². The summed E-state index contributed by atoms with van der Waals surface area (Å²) >= 11 is 0. The number of carbonyl (C=O) groups excluding carboxylic acids is 1. The quantitative estimate of drug-likeness (QED) is 0.815. The van der Waals surface area contributed by atoms with Crippen LogP contribution in [0, 0.1) is 11.3 Å². The van der Waals surface area contributed by atoms with Gasteiger partial charge in [-0.15, -0.1) is 0 Å². The molecule has 0 saturated carbocycles. The molecule has 1 rings (SSSR count). The van der Waals surface area contributed by atoms with Crippen molar-refractivity contribution in [1.29, 1.82) is 5.26 Å². The maximum Gasteiger partial charge on any atom is 0.251 e. The first-order chi connectivity index (χ1) is 7.17. The number of amides is 1. The van der Waals surface area contributed by atoms with Gasteiger partial charge in [0.05, 0.1) is 11.6 Å². The van der Waals surface area contributed by atoms with Crippen molar-refractivity contribution in [3.8, 4) is 6.07 Å². The molecule has 0 fully saturated rings. The number of benzene rings is 1. The van der Waals surface area contributed by atoms with Crippen molar-refractivity contribution in [3.05, 3.63) is 35.4 Å². The molecular weight excluding hydrogens is 188 g/mol. The molecule has 3 nitrogen and oxygen atoms in total. The van der Waals surface area contributed by atoms with Crippen LogP contribution < -0.4 is 5.32 Å². The Labute approximate surface area is 89.7 Å². The molecule has 1 unspecified atom stereocenters. The van der Waals surface area contributed by atoms with Crippen LogP contribution in [0.2, 0.25) is 0 Å². The van der Waals surface area contributed by atoms with E-state index >= 15 is 0 Å². The Morgan fingerprint density at radius 3 is 2.53 bits per heavy atom. The fourth-order valence-electron chi connectivity index (χ4n) is 1.11. The first-order valence-corrected chi connectivity index (χ1v) is 4.98. The highest BCUT2D eigenvalue weighted by molar-refractivity contribution is 5.94. The number of carbonyl (C=O) groups is 1. The Bertz CT molecular complexity index is 376. The molecule has 0 aliphatic heterocycles. The zero-order chi connectivity index (χ0) is 11.3. The molecule has 1 aromatic carbocycles. The van der Waals surface area contributed by atoms with Crippen molar-refractivity contribution in [2.45, 2.75) is 26.3 Å². The van der Waals surface area contributed by atoms with Gasteiger partial charge in [-0.1, -0.05) is 6.92 Å². The predicted octanol–water partition coefficient (Wildman–Crippen LogP) is 2.09. The normalized spacial score (nSPS) is 11.5. The molecule has 0 radical (unpaired) electrons. The SMILES string of the molecule is CCC(C)NC(=O)c1ccc(C#N)cc1. The van der Waals surface area contributed by atoms with Crippen LogP contribution in [-0.2, 0) is 0 Å². The molecule has 1 atom stereocenters. The van der Waals surface area contributed by atoms with Crippen LogP contribution in [0.15, 0.2) is 24.3 Å². The number of hydrogen-bond acceptors (Lipinski definition) is 2. The summed E-state index contributed by atoms with van der Waals surface area (Å²) < 4.78 is 0. The fraction of sp³-hybridized carbons (Fsp3) is 0.333. The van der Waals surface area contributed by atoms with E-state index in [1.54, 1.807) is 24.3 Å². The van der Waals surface area contributed by atoms with Crippen molar-refractivity contribution >= 4 is 5.91 Å². The third-order valence-corrected chi connectivity index (χ3v) is 2.27. The average Bonchev–Trinajstić information content (AvgIpc) is 2.29. The molecule has 0 bridgehead atoms. The molecule has 0 spiro atoms. The maximum atomic E-state index is 11.6. The van der Waals surface area contributed by atoms with Crippen molar-refractivity contribution < 1.29 is 4.79 Å². The fourth-order valence-corrected chi connectivity index (χ4v) is 1.11. The summed E-state index contributed by atoms with van der Waals surface area (Å²) in [4.78, 5) is 11.6. The Morgan fingerprint density at radius 1 is 1.47 bits per heavy atom. The minimum Gasteiger partial charge on any atom is -0.350 e. The topological polar surface area (TPSA) is 52.9 Å². The van der Waals surface area contributed by atoms with Crippen molar-refractivity contribution in [2.75, 3.05) is 0 Å². The predicted molar refractivity (Wildman–Crippen MR) is 58.4 cm³/mol. The number of nitrogens with one attached hydrogen (secondary N) is 1. The van der Waals surface area contributed by atoms with Crippen LogP contribution in [0.4, 0.5) is 0 Å². The van der Waals surface area contributed by atoms with Crippen LogP contribution in [0.3, 0.4) is 0 Å². The monoisotopic (exact) mass is 202 g/mol. The minimum absolute atomic E-state index is 0.0890. The van der Waals surface area contributed by atoms with E-state index in [1.807, 2.05) is 19.9 Å². The highest BCUT2D eigenvalue weighted by Gasteiger charge is 2.07. The van der Waals surface area contributed by atoms with Crippen molar-refractivity contribution in [2.24, 2.45) is 0 Å². The smallest absolute Gasteiger partial charge is 0.251 e. The number of rotatable bonds is 3. The summed E-state index contributed by atoms with van der Waals surface area (Å²) in [6, 6.07) is 8.80. The maximum absolute atomic E-state index is 11.6. The molecule has 0 saturated heterocycles. The van der Waals surface area contributed by atoms with Crippen LogP contribution in [-0.4, -0.2) is 11.9 Å². The third-order valence-electron chi connectivity index (χ3n) is 2.27. The summed E-state index contributed by atoms with van der Waals surface area (Å²) in [5.74, 6) is -0.0890. The third kappa shape index (κ3) is 3.10. The van der Waals surface area contributed by atoms with Crippen LogP contribution >= 0.6 is 0 Å². The van der Waals surface area contributed by atoms with Gasteiger partial charge in [-0.3, -0.25) is 4.79 Å². The highest BCUT2D eigenvalue weighted by Crippen LogP contribution is 2.03. The lowest BCUT2D eigenvalue weighted by atomic mass is 10.1. The lowest BCUT2D eigenvalue weighted by Gasteiger charge is -2.10. The van der Waals surface area contributed by atoms with Gasteiger partial charge in [0.2, 0.25) is 0 Å². The summed E-state index contributed by atoms with van der Waals surface area (Å²) in [5.41, 5.74) is 1.16. The molecule has 0 heterocycles. The Morgan fingerprint density at radius 2 is 2.07 bits per heavy atom. The molecule has 78 valence electrons. The summed E-state index contributed by atoms with van der Waals surface area (Å²) in [6.07, 6.45) is 0.905. The Balaban J connectivity index is 2.71. The van der Waals surface area contributed by atoms with E-state index in [1.165, 1.54) is 0 Å². The largest absolute Gasteiger partial charge is 0.350 e. The second-order valence-corrected chi connectivity index (χ2v) is 3.47. The van der Waals surface area contributed by atoms with Gasteiger partial charge in [-0.05, 0) is 37.6 Å². The molecular formula is C12H14N2O. The molecule has 0 aliphatic carbocycles. The van der Waals surface area contributed by atoms with Crippen LogP contribution in [0.5, 0.6) is 0 Å². The van der Waals surface area contributed by atoms with Crippen LogP contribution in [0.1, 0.15) is 36.2 Å². The van der Waals surface area contributed by atoms with Gasteiger partial charge in [0.25, 0.3) is 5.91 Å². The highest BCUT2D eigenvalue weighted by atomic mass is 16.1. The van der Waals surface area contributed by atoms with E-state index in [2.05, 4.69) is 5.32 Å². The minimum atomic E-state index is -0.0890. The molecule has 0 aliphatic rings. The van der Waals surface area contributed by atoms with Gasteiger partial charge in [0.15, 0.2) is 0 Å². The Hall–Kier alpha value is -1.82. The van der Waals surface area contributed by atoms with E-state index < -0.39 is 0 Å². The standard InChI is InChI=1S/C12H14N2O/c1-3-9(2)14-12(15)11-6-4-10(8-13)5-7-11/h4-7,9H,3H2,1-2H3,(H,14,15). The van der Waals surface area contributed by atoms with E-state index in [-0.39, 0.29) is 11.9 Å². The molecule has 3 heteroatoms. The molecule has 1 amide bonds. The number of nitriles is 1. The van der Waals surface area contributed by atoms with E-state index in [4.69, 9.17) is 5.26 Å². The Kier molecular flexibility index (Phi) is 3.87. The number of nitrogens with zero attached hydrogens (tertiary/aromatic N) is 1. The first-order valence-electron chi connectivity index (χ1n) is 4.98. The van der Waals surface area contributed by atoms with Crippen molar-refractivity contribution in [3.63, 3.8) is 0 Å². The molecule has 15 heavy (non-hydrogen) atoms. The average molecular weight is 202 g/mol. The van der Waals surface area contributed by atoms with Gasteiger partial charge in [0, 0.05) is 11.6 Å². The first kappa shape index (κ1) is 11.3. The second-order valence-electron chi connectivity index (χ2n) is 3.47. The molecule has 1 N–H and O–H groups in total. The summed E-state index contributed by atoms with van der Waals surface area (Å²) in [7, 11) is 0. The molecule has 1 aromatic rings. The zero-order valence-electron chi connectivity index (χ0n) is 8.95.